The molecule has 78 valence electrons. The maximum absolute atomic E-state index is 10.4. The minimum Gasteiger partial charge on any atom is -0.399 e. The van der Waals surface area contributed by atoms with E-state index in [2.05, 4.69) is 0 Å². The van der Waals surface area contributed by atoms with E-state index in [1.807, 2.05) is 14.8 Å². The Hall–Kier alpha value is 0.0249. The fourth-order valence-electron chi connectivity index (χ4n) is 4.86. The molecule has 1 nitrogen and oxygen atoms in total. The van der Waals surface area contributed by atoms with E-state index in [0.717, 1.165) is 17.8 Å². The highest BCUT2D eigenvalue weighted by Gasteiger charge is 2.56. The van der Waals surface area contributed by atoms with Crippen molar-refractivity contribution in [1.82, 2.24) is 0 Å². The summed E-state index contributed by atoms with van der Waals surface area (Å²) in [5.74, 6) is 2.85. The van der Waals surface area contributed by atoms with Gasteiger partial charge in [-0.3, -0.25) is 0 Å². The van der Waals surface area contributed by atoms with Crippen molar-refractivity contribution in [3.05, 3.63) is 0 Å². The Morgan fingerprint density at radius 2 is 1.43 bits per heavy atom. The minimum absolute atomic E-state index is 0.293. The molecule has 0 radical (unpaired) electrons. The second-order valence-electron chi connectivity index (χ2n) is 6.76. The average Bonchev–Trinajstić information content (AvgIpc) is 1.98. The molecule has 4 bridgehead atoms. The molecule has 1 N–H and O–H groups in total. The van der Waals surface area contributed by atoms with Crippen LogP contribution >= 0.6 is 0 Å². The Kier molecular flexibility index (Phi) is 1.71. The van der Waals surface area contributed by atoms with Crippen molar-refractivity contribution >= 4 is 7.85 Å². The van der Waals surface area contributed by atoms with Gasteiger partial charge in [-0.25, -0.2) is 0 Å². The monoisotopic (exact) mass is 192 g/mol. The SMILES string of the molecule is BC(C)(O)C12CC3CC(CC(C3)C1)C2. The highest BCUT2D eigenvalue weighted by Crippen LogP contribution is 2.62. The van der Waals surface area contributed by atoms with E-state index < -0.39 is 5.50 Å². The van der Waals surface area contributed by atoms with Gasteiger partial charge in [-0.2, -0.15) is 0 Å². The lowest BCUT2D eigenvalue weighted by Crippen LogP contribution is -2.57. The van der Waals surface area contributed by atoms with Crippen molar-refractivity contribution in [1.29, 1.82) is 0 Å². The predicted molar refractivity (Wildman–Crippen MR) is 59.8 cm³/mol. The highest BCUT2D eigenvalue weighted by atomic mass is 16.3. The fraction of sp³-hybridized carbons (Fsp3) is 1.00. The molecule has 14 heavy (non-hydrogen) atoms. The maximum atomic E-state index is 10.4. The quantitative estimate of drug-likeness (QED) is 0.625. The van der Waals surface area contributed by atoms with Gasteiger partial charge < -0.3 is 5.11 Å². The third-order valence-electron chi connectivity index (χ3n) is 5.34. The van der Waals surface area contributed by atoms with E-state index in [1.54, 1.807) is 0 Å². The molecule has 0 spiro atoms. The van der Waals surface area contributed by atoms with Crippen molar-refractivity contribution in [3.63, 3.8) is 0 Å². The summed E-state index contributed by atoms with van der Waals surface area (Å²) >= 11 is 0. The first-order valence-corrected chi connectivity index (χ1v) is 6.21. The van der Waals surface area contributed by atoms with Crippen molar-refractivity contribution in [2.75, 3.05) is 0 Å². The lowest BCUT2D eigenvalue weighted by atomic mass is 9.42. The van der Waals surface area contributed by atoms with Crippen LogP contribution in [0.3, 0.4) is 0 Å². The Labute approximate surface area is 87.7 Å². The van der Waals surface area contributed by atoms with E-state index in [9.17, 15) is 5.11 Å². The van der Waals surface area contributed by atoms with Crippen LogP contribution in [0.2, 0.25) is 0 Å². The summed E-state index contributed by atoms with van der Waals surface area (Å²) in [6.45, 7) is 2.04. The van der Waals surface area contributed by atoms with E-state index in [4.69, 9.17) is 0 Å². The van der Waals surface area contributed by atoms with Crippen LogP contribution in [-0.2, 0) is 0 Å². The van der Waals surface area contributed by atoms with Crippen LogP contribution in [0.15, 0.2) is 0 Å². The average molecular weight is 192 g/mol. The van der Waals surface area contributed by atoms with E-state index in [-0.39, 0.29) is 0 Å². The lowest BCUT2D eigenvalue weighted by molar-refractivity contribution is -0.133. The fourth-order valence-corrected chi connectivity index (χ4v) is 4.86. The summed E-state index contributed by atoms with van der Waals surface area (Å²) in [6.07, 6.45) is 8.33. The van der Waals surface area contributed by atoms with Crippen molar-refractivity contribution in [2.24, 2.45) is 23.2 Å². The van der Waals surface area contributed by atoms with Crippen LogP contribution in [0.5, 0.6) is 0 Å². The van der Waals surface area contributed by atoms with Crippen LogP contribution in [0.1, 0.15) is 45.4 Å². The van der Waals surface area contributed by atoms with E-state index in [1.165, 1.54) is 38.5 Å². The second kappa shape index (κ2) is 2.58. The van der Waals surface area contributed by atoms with Crippen LogP contribution in [0, 0.1) is 23.2 Å². The molecule has 0 aliphatic heterocycles. The minimum atomic E-state index is -0.441. The molecule has 4 saturated carbocycles. The summed E-state index contributed by atoms with van der Waals surface area (Å²) in [7, 11) is 2.04. The topological polar surface area (TPSA) is 20.2 Å². The zero-order valence-corrected chi connectivity index (χ0v) is 9.42. The van der Waals surface area contributed by atoms with Gasteiger partial charge in [-0.15, -0.1) is 0 Å². The second-order valence-corrected chi connectivity index (χ2v) is 6.76. The van der Waals surface area contributed by atoms with Crippen LogP contribution in [0.4, 0.5) is 0 Å². The molecular weight excluding hydrogens is 171 g/mol. The number of aliphatic hydroxyl groups is 1. The Morgan fingerprint density at radius 1 is 1.07 bits per heavy atom. The van der Waals surface area contributed by atoms with Crippen molar-refractivity contribution in [2.45, 2.75) is 50.9 Å². The molecule has 4 rings (SSSR count). The molecular formula is C12H21BO. The van der Waals surface area contributed by atoms with Gasteiger partial charge in [0.15, 0.2) is 0 Å². The largest absolute Gasteiger partial charge is 0.399 e. The van der Waals surface area contributed by atoms with Gasteiger partial charge in [-0.05, 0) is 68.6 Å². The van der Waals surface area contributed by atoms with Gasteiger partial charge in [0.1, 0.15) is 7.85 Å². The third-order valence-corrected chi connectivity index (χ3v) is 5.34. The van der Waals surface area contributed by atoms with Gasteiger partial charge in [0.25, 0.3) is 0 Å². The van der Waals surface area contributed by atoms with E-state index >= 15 is 0 Å². The number of hydrogen-bond acceptors (Lipinski definition) is 1. The molecule has 1 unspecified atom stereocenters. The van der Waals surface area contributed by atoms with Gasteiger partial charge in [0, 0.05) is 5.50 Å². The maximum Gasteiger partial charge on any atom is 0.143 e. The smallest absolute Gasteiger partial charge is 0.143 e. The molecule has 4 fully saturated rings. The van der Waals surface area contributed by atoms with Gasteiger partial charge in [0.05, 0.1) is 0 Å². The third kappa shape index (κ3) is 1.13. The normalized spacial score (nSPS) is 54.6. The molecule has 0 aromatic carbocycles. The molecule has 0 heterocycles. The standard InChI is InChI=1S/C12H21BO/c1-11(13,14)12-5-8-2-9(6-12)4-10(3-8)7-12/h8-10,14H,2-7,13H2,1H3. The molecule has 0 aromatic heterocycles. The summed E-state index contributed by atoms with van der Waals surface area (Å²) < 4.78 is 0. The van der Waals surface area contributed by atoms with Crippen molar-refractivity contribution in [3.8, 4) is 0 Å². The van der Waals surface area contributed by atoms with Crippen LogP contribution in [0.25, 0.3) is 0 Å². The Morgan fingerprint density at radius 3 is 1.71 bits per heavy atom. The van der Waals surface area contributed by atoms with Gasteiger partial charge in [-0.1, -0.05) is 0 Å². The van der Waals surface area contributed by atoms with Crippen LogP contribution < -0.4 is 0 Å². The Bertz CT molecular complexity index is 218. The zero-order valence-electron chi connectivity index (χ0n) is 9.42. The summed E-state index contributed by atoms with van der Waals surface area (Å²) in [5.41, 5.74) is -0.148. The molecule has 2 heteroatoms. The molecule has 4 aliphatic rings. The summed E-state index contributed by atoms with van der Waals surface area (Å²) in [5, 5.41) is 10.4. The number of hydrogen-bond donors (Lipinski definition) is 1. The highest BCUT2D eigenvalue weighted by molar-refractivity contribution is 6.14. The Balaban J connectivity index is 1.95. The first-order chi connectivity index (χ1) is 6.48. The molecule has 0 saturated heterocycles. The number of rotatable bonds is 1. The van der Waals surface area contributed by atoms with Crippen molar-refractivity contribution < 1.29 is 5.11 Å². The molecule has 0 aromatic rings. The van der Waals surface area contributed by atoms with E-state index in [0.29, 0.717) is 5.41 Å². The predicted octanol–water partition coefficient (Wildman–Crippen LogP) is 1.54. The van der Waals surface area contributed by atoms with Crippen LogP contribution in [-0.4, -0.2) is 18.5 Å². The lowest BCUT2D eigenvalue weighted by Gasteiger charge is -2.61. The first kappa shape index (κ1) is 9.27. The summed E-state index contributed by atoms with van der Waals surface area (Å²) in [6, 6.07) is 0. The molecule has 0 amide bonds. The zero-order chi connectivity index (χ0) is 9.97. The summed E-state index contributed by atoms with van der Waals surface area (Å²) in [4.78, 5) is 0. The molecule has 1 atom stereocenters. The van der Waals surface area contributed by atoms with Gasteiger partial charge in [0.2, 0.25) is 0 Å². The first-order valence-electron chi connectivity index (χ1n) is 6.21. The molecule has 4 aliphatic carbocycles. The van der Waals surface area contributed by atoms with Gasteiger partial charge >= 0.3 is 0 Å².